The molecule has 28 heavy (non-hydrogen) atoms. The fraction of sp³-hybridized carbons (Fsp3) is 0.227. The lowest BCUT2D eigenvalue weighted by atomic mass is 10.1. The van der Waals surface area contributed by atoms with E-state index in [1.54, 1.807) is 19.3 Å². The van der Waals surface area contributed by atoms with Gasteiger partial charge in [-0.1, -0.05) is 36.4 Å². The molecule has 0 atom stereocenters. The van der Waals surface area contributed by atoms with Crippen molar-refractivity contribution >= 4 is 10.0 Å². The number of hydrogen-bond acceptors (Lipinski definition) is 4. The molecule has 0 amide bonds. The number of pyridine rings is 1. The van der Waals surface area contributed by atoms with Gasteiger partial charge in [-0.15, -0.1) is 0 Å². The molecule has 1 aromatic heterocycles. The van der Waals surface area contributed by atoms with Crippen molar-refractivity contribution in [3.8, 4) is 11.5 Å². The van der Waals surface area contributed by atoms with E-state index in [0.29, 0.717) is 19.5 Å². The largest absolute Gasteiger partial charge is 0.457 e. The summed E-state index contributed by atoms with van der Waals surface area (Å²) in [5.41, 5.74) is 1.94. The van der Waals surface area contributed by atoms with Gasteiger partial charge in [0, 0.05) is 25.5 Å². The molecule has 1 heterocycles. The Morgan fingerprint density at radius 1 is 0.893 bits per heavy atom. The van der Waals surface area contributed by atoms with E-state index in [2.05, 4.69) is 4.98 Å². The maximum Gasteiger partial charge on any atom is 0.214 e. The molecule has 146 valence electrons. The minimum atomic E-state index is -3.30. The van der Waals surface area contributed by atoms with Gasteiger partial charge in [0.25, 0.3) is 0 Å². The van der Waals surface area contributed by atoms with Gasteiger partial charge in [0.05, 0.1) is 5.75 Å². The van der Waals surface area contributed by atoms with Crippen molar-refractivity contribution in [2.45, 2.75) is 19.9 Å². The molecular formula is C22H24N2O3S. The summed E-state index contributed by atoms with van der Waals surface area (Å²) in [5.74, 6) is 1.62. The number of aromatic nitrogens is 1. The van der Waals surface area contributed by atoms with Gasteiger partial charge in [0.15, 0.2) is 0 Å². The van der Waals surface area contributed by atoms with Crippen LogP contribution in [0, 0.1) is 0 Å². The lowest BCUT2D eigenvalue weighted by Crippen LogP contribution is -2.33. The Kier molecular flexibility index (Phi) is 6.79. The lowest BCUT2D eigenvalue weighted by Gasteiger charge is -2.21. The smallest absolute Gasteiger partial charge is 0.214 e. The first-order chi connectivity index (χ1) is 13.6. The summed E-state index contributed by atoms with van der Waals surface area (Å²) in [7, 11) is -3.30. The molecule has 3 rings (SSSR count). The van der Waals surface area contributed by atoms with Crippen molar-refractivity contribution in [3.63, 3.8) is 0 Å². The first-order valence-electron chi connectivity index (χ1n) is 9.25. The Balaban J connectivity index is 1.64. The number of rotatable bonds is 9. The van der Waals surface area contributed by atoms with E-state index in [4.69, 9.17) is 4.74 Å². The highest BCUT2D eigenvalue weighted by atomic mass is 32.2. The zero-order valence-electron chi connectivity index (χ0n) is 15.9. The van der Waals surface area contributed by atoms with Gasteiger partial charge in [0.2, 0.25) is 10.0 Å². The van der Waals surface area contributed by atoms with E-state index < -0.39 is 10.0 Å². The third kappa shape index (κ3) is 5.65. The summed E-state index contributed by atoms with van der Waals surface area (Å²) in [5, 5.41) is 0. The number of para-hydroxylation sites is 1. The number of sulfonamides is 1. The first kappa shape index (κ1) is 20.0. The van der Waals surface area contributed by atoms with Crippen molar-refractivity contribution in [1.82, 2.24) is 9.29 Å². The molecule has 0 aliphatic heterocycles. The van der Waals surface area contributed by atoms with Gasteiger partial charge in [-0.3, -0.25) is 4.98 Å². The lowest BCUT2D eigenvalue weighted by molar-refractivity contribution is 0.410. The Hall–Kier alpha value is -2.70. The average Bonchev–Trinajstić information content (AvgIpc) is 2.73. The fourth-order valence-corrected chi connectivity index (χ4v) is 3.88. The van der Waals surface area contributed by atoms with E-state index in [0.717, 1.165) is 22.6 Å². The van der Waals surface area contributed by atoms with Crippen molar-refractivity contribution < 1.29 is 13.2 Å². The predicted molar refractivity (Wildman–Crippen MR) is 111 cm³/mol. The minimum Gasteiger partial charge on any atom is -0.457 e. The second-order valence-corrected chi connectivity index (χ2v) is 8.66. The van der Waals surface area contributed by atoms with Crippen LogP contribution in [0.3, 0.4) is 0 Å². The van der Waals surface area contributed by atoms with Crippen molar-refractivity contribution in [2.24, 2.45) is 0 Å². The Morgan fingerprint density at radius 3 is 2.25 bits per heavy atom. The van der Waals surface area contributed by atoms with Crippen LogP contribution in [0.5, 0.6) is 11.5 Å². The van der Waals surface area contributed by atoms with Crippen LogP contribution in [-0.4, -0.2) is 30.0 Å². The monoisotopic (exact) mass is 396 g/mol. The molecule has 0 spiro atoms. The zero-order chi connectivity index (χ0) is 19.8. The number of hydrogen-bond donors (Lipinski definition) is 0. The minimum absolute atomic E-state index is 0.0805. The zero-order valence-corrected chi connectivity index (χ0v) is 16.7. The molecule has 0 N–H and O–H groups in total. The van der Waals surface area contributed by atoms with Crippen LogP contribution in [0.4, 0.5) is 0 Å². The molecule has 0 fully saturated rings. The van der Waals surface area contributed by atoms with Gasteiger partial charge >= 0.3 is 0 Å². The topological polar surface area (TPSA) is 59.5 Å². The van der Waals surface area contributed by atoms with Crippen LogP contribution in [0.2, 0.25) is 0 Å². The Bertz CT molecular complexity index is 960. The number of ether oxygens (including phenoxy) is 1. The first-order valence-corrected chi connectivity index (χ1v) is 10.9. The SMILES string of the molecule is CCS(=O)(=O)N(CCc1ccc(Oc2ccccc2)cc1)Cc1cccnc1. The van der Waals surface area contributed by atoms with Crippen LogP contribution in [0.25, 0.3) is 0 Å². The molecule has 0 radical (unpaired) electrons. The maximum atomic E-state index is 12.5. The van der Waals surface area contributed by atoms with Crippen LogP contribution < -0.4 is 4.74 Å². The predicted octanol–water partition coefficient (Wildman–Crippen LogP) is 4.27. The quantitative estimate of drug-likeness (QED) is 0.542. The highest BCUT2D eigenvalue weighted by molar-refractivity contribution is 7.89. The third-order valence-electron chi connectivity index (χ3n) is 4.39. The van der Waals surface area contributed by atoms with Crippen molar-refractivity contribution in [1.29, 1.82) is 0 Å². The maximum absolute atomic E-state index is 12.5. The standard InChI is InChI=1S/C22H24N2O3S/c1-2-28(25,26)24(18-20-7-6-15-23-17-20)16-14-19-10-12-22(13-11-19)27-21-8-4-3-5-9-21/h3-13,15,17H,2,14,16,18H2,1H3. The van der Waals surface area contributed by atoms with E-state index in [1.165, 1.54) is 4.31 Å². The van der Waals surface area contributed by atoms with Gasteiger partial charge in [-0.05, 0) is 54.8 Å². The molecule has 0 aliphatic carbocycles. The van der Waals surface area contributed by atoms with E-state index in [1.807, 2.05) is 66.7 Å². The highest BCUT2D eigenvalue weighted by Gasteiger charge is 2.20. The van der Waals surface area contributed by atoms with E-state index in [-0.39, 0.29) is 5.75 Å². The van der Waals surface area contributed by atoms with Crippen LogP contribution in [-0.2, 0) is 23.0 Å². The number of nitrogens with zero attached hydrogens (tertiary/aromatic N) is 2. The molecule has 0 saturated carbocycles. The second kappa shape index (κ2) is 9.48. The highest BCUT2D eigenvalue weighted by Crippen LogP contribution is 2.21. The van der Waals surface area contributed by atoms with Crippen molar-refractivity contribution in [2.75, 3.05) is 12.3 Å². The molecule has 6 heteroatoms. The second-order valence-electron chi connectivity index (χ2n) is 6.40. The molecular weight excluding hydrogens is 372 g/mol. The molecule has 0 bridgehead atoms. The summed E-state index contributed by atoms with van der Waals surface area (Å²) in [6, 6.07) is 21.1. The molecule has 0 saturated heterocycles. The van der Waals surface area contributed by atoms with Gasteiger partial charge in [-0.25, -0.2) is 8.42 Å². The molecule has 5 nitrogen and oxygen atoms in total. The summed E-state index contributed by atoms with van der Waals surface area (Å²) in [6.45, 7) is 2.42. The molecule has 0 aliphatic rings. The molecule has 0 unspecified atom stereocenters. The normalized spacial score (nSPS) is 11.5. The average molecular weight is 397 g/mol. The third-order valence-corrected chi connectivity index (χ3v) is 6.22. The fourth-order valence-electron chi connectivity index (χ4n) is 2.80. The Labute approximate surface area is 166 Å². The van der Waals surface area contributed by atoms with Crippen LogP contribution in [0.15, 0.2) is 79.1 Å². The molecule has 3 aromatic rings. The summed E-state index contributed by atoms with van der Waals surface area (Å²) in [4.78, 5) is 4.07. The Morgan fingerprint density at radius 2 is 1.61 bits per heavy atom. The van der Waals surface area contributed by atoms with Gasteiger partial charge in [0.1, 0.15) is 11.5 Å². The summed E-state index contributed by atoms with van der Waals surface area (Å²) >= 11 is 0. The summed E-state index contributed by atoms with van der Waals surface area (Å²) < 4.78 is 32.3. The van der Waals surface area contributed by atoms with E-state index in [9.17, 15) is 8.42 Å². The van der Waals surface area contributed by atoms with Gasteiger partial charge in [-0.2, -0.15) is 4.31 Å². The summed E-state index contributed by atoms with van der Waals surface area (Å²) in [6.07, 6.45) is 4.01. The van der Waals surface area contributed by atoms with Crippen LogP contribution >= 0.6 is 0 Å². The van der Waals surface area contributed by atoms with Crippen molar-refractivity contribution in [3.05, 3.63) is 90.3 Å². The van der Waals surface area contributed by atoms with Crippen LogP contribution in [0.1, 0.15) is 18.1 Å². The molecule has 2 aromatic carbocycles. The van der Waals surface area contributed by atoms with Gasteiger partial charge < -0.3 is 4.74 Å². The number of benzene rings is 2. The van der Waals surface area contributed by atoms with E-state index >= 15 is 0 Å².